The van der Waals surface area contributed by atoms with Gasteiger partial charge in [-0.25, -0.2) is 0 Å². The van der Waals surface area contributed by atoms with Crippen molar-refractivity contribution in [2.75, 3.05) is 26.9 Å². The van der Waals surface area contributed by atoms with Crippen molar-refractivity contribution >= 4 is 12.0 Å². The summed E-state index contributed by atoms with van der Waals surface area (Å²) in [5.74, 6) is -1.18. The highest BCUT2D eigenvalue weighted by Gasteiger charge is 2.38. The number of halogens is 3. The van der Waals surface area contributed by atoms with Gasteiger partial charge < -0.3 is 14.8 Å². The number of nitrogens with one attached hydrogen (secondary N) is 1. The second-order valence-electron chi connectivity index (χ2n) is 6.48. The Hall–Kier alpha value is -2.02. The summed E-state index contributed by atoms with van der Waals surface area (Å²) in [7, 11) is 1.63. The van der Waals surface area contributed by atoms with E-state index in [0.29, 0.717) is 19.6 Å². The third kappa shape index (κ3) is 5.00. The van der Waals surface area contributed by atoms with Gasteiger partial charge in [-0.1, -0.05) is 17.7 Å². The number of fused-ring (bicyclic) bond motifs is 1. The van der Waals surface area contributed by atoms with E-state index in [4.69, 9.17) is 9.47 Å². The second-order valence-corrected chi connectivity index (χ2v) is 6.48. The summed E-state index contributed by atoms with van der Waals surface area (Å²) < 4.78 is 47.9. The van der Waals surface area contributed by atoms with Gasteiger partial charge in [-0.15, -0.1) is 0 Å². The largest absolute Gasteiger partial charge is 0.493 e. The van der Waals surface area contributed by atoms with E-state index >= 15 is 0 Å². The van der Waals surface area contributed by atoms with E-state index in [1.807, 2.05) is 25.2 Å². The van der Waals surface area contributed by atoms with Gasteiger partial charge in [0.1, 0.15) is 5.75 Å². The number of carbonyl (C=O) groups excluding carboxylic acids is 1. The molecule has 0 saturated carbocycles. The maximum absolute atomic E-state index is 12.3. The zero-order valence-corrected chi connectivity index (χ0v) is 15.3. The molecule has 1 heterocycles. The molecule has 0 fully saturated rings. The molecule has 1 aromatic rings. The molecule has 0 atom stereocenters. The first-order valence-corrected chi connectivity index (χ1v) is 8.53. The summed E-state index contributed by atoms with van der Waals surface area (Å²) in [5.41, 5.74) is 5.24. The van der Waals surface area contributed by atoms with E-state index in [1.54, 1.807) is 7.11 Å². The predicted molar refractivity (Wildman–Crippen MR) is 93.3 cm³/mol. The quantitative estimate of drug-likeness (QED) is 0.799. The fourth-order valence-corrected chi connectivity index (χ4v) is 3.03. The lowest BCUT2D eigenvalue weighted by Gasteiger charge is -2.16. The summed E-state index contributed by atoms with van der Waals surface area (Å²) >= 11 is 0. The average Bonchev–Trinajstić information content (AvgIpc) is 3.03. The molecule has 26 heavy (non-hydrogen) atoms. The molecular weight excluding hydrogens is 347 g/mol. The van der Waals surface area contributed by atoms with Gasteiger partial charge in [0, 0.05) is 25.6 Å². The number of carbonyl (C=O) groups is 1. The van der Waals surface area contributed by atoms with Gasteiger partial charge in [0.05, 0.1) is 13.2 Å². The van der Waals surface area contributed by atoms with Gasteiger partial charge in [-0.05, 0) is 43.4 Å². The molecule has 1 aliphatic rings. The molecule has 1 N–H and O–H groups in total. The van der Waals surface area contributed by atoms with E-state index in [9.17, 15) is 18.0 Å². The molecule has 1 amide bonds. The molecule has 1 aliphatic heterocycles. The number of alkyl halides is 3. The minimum absolute atomic E-state index is 0.0974. The maximum Gasteiger partial charge on any atom is 0.471 e. The SMILES string of the molecule is COCCc1cc(CCNC(=O)C(F)(F)F)c2c(c1C=C(C)C)CCO2. The van der Waals surface area contributed by atoms with Crippen molar-refractivity contribution in [2.45, 2.75) is 39.3 Å². The Morgan fingerprint density at radius 1 is 1.31 bits per heavy atom. The fourth-order valence-electron chi connectivity index (χ4n) is 3.03. The Morgan fingerprint density at radius 2 is 2.04 bits per heavy atom. The zero-order valence-electron chi connectivity index (χ0n) is 15.3. The summed E-state index contributed by atoms with van der Waals surface area (Å²) in [5, 5.41) is 1.92. The van der Waals surface area contributed by atoms with Crippen molar-refractivity contribution < 1.29 is 27.4 Å². The fraction of sp³-hybridized carbons (Fsp3) is 0.526. The predicted octanol–water partition coefficient (Wildman–Crippen LogP) is 3.45. The first-order valence-electron chi connectivity index (χ1n) is 8.53. The van der Waals surface area contributed by atoms with Crippen LogP contribution in [-0.2, 0) is 28.8 Å². The number of benzene rings is 1. The van der Waals surface area contributed by atoms with Crippen molar-refractivity contribution in [3.63, 3.8) is 0 Å². The topological polar surface area (TPSA) is 47.6 Å². The van der Waals surface area contributed by atoms with E-state index < -0.39 is 12.1 Å². The van der Waals surface area contributed by atoms with Gasteiger partial charge in [0.2, 0.25) is 0 Å². The summed E-state index contributed by atoms with van der Waals surface area (Å²) in [4.78, 5) is 11.0. The van der Waals surface area contributed by atoms with Crippen LogP contribution in [0.25, 0.3) is 6.08 Å². The highest BCUT2D eigenvalue weighted by Crippen LogP contribution is 2.36. The van der Waals surface area contributed by atoms with Gasteiger partial charge in [0.15, 0.2) is 0 Å². The molecule has 2 rings (SSSR count). The van der Waals surface area contributed by atoms with Crippen molar-refractivity contribution in [1.29, 1.82) is 0 Å². The van der Waals surface area contributed by atoms with E-state index in [-0.39, 0.29) is 13.0 Å². The molecule has 0 aromatic heterocycles. The van der Waals surface area contributed by atoms with E-state index in [2.05, 4.69) is 6.08 Å². The Bertz CT molecular complexity index is 692. The third-order valence-electron chi connectivity index (χ3n) is 4.13. The third-order valence-corrected chi connectivity index (χ3v) is 4.13. The van der Waals surface area contributed by atoms with Crippen LogP contribution in [0.5, 0.6) is 5.75 Å². The Morgan fingerprint density at radius 3 is 2.65 bits per heavy atom. The molecule has 1 aromatic carbocycles. The lowest BCUT2D eigenvalue weighted by Crippen LogP contribution is -2.37. The van der Waals surface area contributed by atoms with Crippen LogP contribution in [0, 0.1) is 0 Å². The minimum Gasteiger partial charge on any atom is -0.493 e. The van der Waals surface area contributed by atoms with Crippen LogP contribution in [0.4, 0.5) is 13.2 Å². The highest BCUT2D eigenvalue weighted by atomic mass is 19.4. The lowest BCUT2D eigenvalue weighted by molar-refractivity contribution is -0.173. The Labute approximate surface area is 151 Å². The monoisotopic (exact) mass is 371 g/mol. The van der Waals surface area contributed by atoms with Crippen LogP contribution >= 0.6 is 0 Å². The maximum atomic E-state index is 12.3. The smallest absolute Gasteiger partial charge is 0.471 e. The van der Waals surface area contributed by atoms with Crippen LogP contribution in [0.15, 0.2) is 11.6 Å². The van der Waals surface area contributed by atoms with Gasteiger partial charge in [0.25, 0.3) is 0 Å². The van der Waals surface area contributed by atoms with Crippen molar-refractivity contribution in [3.8, 4) is 5.75 Å². The molecule has 0 saturated heterocycles. The molecule has 0 spiro atoms. The number of hydrogen-bond acceptors (Lipinski definition) is 3. The normalized spacial score (nSPS) is 13.2. The van der Waals surface area contributed by atoms with Crippen molar-refractivity contribution in [3.05, 3.63) is 33.9 Å². The lowest BCUT2D eigenvalue weighted by atomic mass is 9.91. The number of hydrogen-bond donors (Lipinski definition) is 1. The molecule has 144 valence electrons. The number of methoxy groups -OCH3 is 1. The molecule has 7 heteroatoms. The Kier molecular flexibility index (Phi) is 6.69. The Balaban J connectivity index is 2.28. The number of rotatable bonds is 7. The van der Waals surface area contributed by atoms with Gasteiger partial charge >= 0.3 is 12.1 Å². The summed E-state index contributed by atoms with van der Waals surface area (Å²) in [6.45, 7) is 5.04. The van der Waals surface area contributed by atoms with Gasteiger partial charge in [-0.2, -0.15) is 13.2 Å². The number of ether oxygens (including phenoxy) is 2. The molecule has 4 nitrogen and oxygen atoms in total. The van der Waals surface area contributed by atoms with Crippen LogP contribution in [0.2, 0.25) is 0 Å². The van der Waals surface area contributed by atoms with E-state index in [1.165, 1.54) is 0 Å². The average molecular weight is 371 g/mol. The zero-order chi connectivity index (χ0) is 19.3. The molecule has 0 radical (unpaired) electrons. The molecular formula is C19H24F3NO3. The van der Waals surface area contributed by atoms with Crippen LogP contribution < -0.4 is 10.1 Å². The number of allylic oxidation sites excluding steroid dienone is 1. The highest BCUT2D eigenvalue weighted by molar-refractivity contribution is 5.81. The summed E-state index contributed by atoms with van der Waals surface area (Å²) in [6, 6.07) is 1.96. The van der Waals surface area contributed by atoms with Crippen molar-refractivity contribution in [1.82, 2.24) is 5.32 Å². The minimum atomic E-state index is -4.87. The summed E-state index contributed by atoms with van der Waals surface area (Å²) in [6.07, 6.45) is -1.02. The van der Waals surface area contributed by atoms with E-state index in [0.717, 1.165) is 40.0 Å². The van der Waals surface area contributed by atoms with Crippen molar-refractivity contribution in [2.24, 2.45) is 0 Å². The first kappa shape index (κ1) is 20.3. The van der Waals surface area contributed by atoms with Crippen LogP contribution in [0.1, 0.15) is 36.1 Å². The first-order chi connectivity index (χ1) is 12.2. The van der Waals surface area contributed by atoms with Gasteiger partial charge in [-0.3, -0.25) is 4.79 Å². The molecule has 0 unspecified atom stereocenters. The second kappa shape index (κ2) is 8.58. The molecule has 0 aliphatic carbocycles. The van der Waals surface area contributed by atoms with Crippen LogP contribution in [-0.4, -0.2) is 39.0 Å². The standard InChI is InChI=1S/C19H24F3NO3/c1-12(2)10-16-13(5-8-25-3)11-14(17-15(16)6-9-26-17)4-7-23-18(24)19(20,21)22/h10-11H,4-9H2,1-3H3,(H,23,24). The van der Waals surface area contributed by atoms with Crippen LogP contribution in [0.3, 0.4) is 0 Å². The number of amides is 1. The molecule has 0 bridgehead atoms.